The first-order valence-electron chi connectivity index (χ1n) is 11.2. The Morgan fingerprint density at radius 1 is 1.31 bits per heavy atom. The average molecular weight is 445 g/mol. The topological polar surface area (TPSA) is 51.0 Å². The Labute approximate surface area is 192 Å². The summed E-state index contributed by atoms with van der Waals surface area (Å²) in [6.07, 6.45) is 6.55. The van der Waals surface area contributed by atoms with E-state index in [0.717, 1.165) is 59.0 Å². The fourth-order valence-corrected chi connectivity index (χ4v) is 6.10. The highest BCUT2D eigenvalue weighted by Crippen LogP contribution is 2.35. The Morgan fingerprint density at radius 2 is 2.16 bits per heavy atom. The first kappa shape index (κ1) is 21.0. The van der Waals surface area contributed by atoms with Crippen molar-refractivity contribution in [2.24, 2.45) is 0 Å². The zero-order valence-electron chi connectivity index (χ0n) is 18.7. The van der Waals surface area contributed by atoms with E-state index in [-0.39, 0.29) is 5.56 Å². The number of aromatic nitrogens is 3. The molecule has 0 saturated carbocycles. The largest absolute Gasteiger partial charge is 0.296 e. The van der Waals surface area contributed by atoms with Gasteiger partial charge >= 0.3 is 0 Å². The number of hydrogen-bond donors (Lipinski definition) is 0. The van der Waals surface area contributed by atoms with Gasteiger partial charge in [-0.05, 0) is 56.0 Å². The van der Waals surface area contributed by atoms with Gasteiger partial charge < -0.3 is 0 Å². The van der Waals surface area contributed by atoms with E-state index in [2.05, 4.69) is 47.4 Å². The number of nitrogens with zero attached hydrogens (tertiary/aromatic N) is 4. The van der Waals surface area contributed by atoms with Crippen LogP contribution >= 0.6 is 11.3 Å². The minimum Gasteiger partial charge on any atom is -0.296 e. The van der Waals surface area contributed by atoms with Gasteiger partial charge in [0.15, 0.2) is 0 Å². The Morgan fingerprint density at radius 3 is 2.97 bits per heavy atom. The maximum absolute atomic E-state index is 13.4. The van der Waals surface area contributed by atoms with E-state index in [0.29, 0.717) is 12.6 Å². The van der Waals surface area contributed by atoms with Gasteiger partial charge in [0.1, 0.15) is 4.83 Å². The lowest BCUT2D eigenvalue weighted by molar-refractivity contribution is 0.206. The first-order valence-corrected chi connectivity index (χ1v) is 12.1. The number of fused-ring (bicyclic) bond motifs is 4. The quantitative estimate of drug-likeness (QED) is 0.401. The lowest BCUT2D eigenvalue weighted by Gasteiger charge is -2.33. The lowest BCUT2D eigenvalue weighted by Crippen LogP contribution is -2.39. The molecule has 1 unspecified atom stereocenters. The van der Waals surface area contributed by atoms with Crippen molar-refractivity contribution in [1.29, 1.82) is 0 Å². The van der Waals surface area contributed by atoms with Crippen LogP contribution in [0.2, 0.25) is 0 Å². The van der Waals surface area contributed by atoms with Crippen LogP contribution in [0.4, 0.5) is 0 Å². The van der Waals surface area contributed by atoms with E-state index in [4.69, 9.17) is 0 Å². The van der Waals surface area contributed by atoms with Crippen molar-refractivity contribution in [3.8, 4) is 0 Å². The number of pyridine rings is 1. The Hall–Kier alpha value is -2.83. The molecule has 3 aromatic heterocycles. The summed E-state index contributed by atoms with van der Waals surface area (Å²) in [5.74, 6) is 0. The summed E-state index contributed by atoms with van der Waals surface area (Å²) in [5.41, 5.74) is 4.45. The number of hydrogen-bond acceptors (Lipinski definition) is 5. The second-order valence-electron chi connectivity index (χ2n) is 8.81. The Kier molecular flexibility index (Phi) is 5.66. The van der Waals surface area contributed by atoms with Crippen LogP contribution in [0, 0.1) is 0 Å². The summed E-state index contributed by atoms with van der Waals surface area (Å²) in [4.78, 5) is 27.4. The molecule has 6 heteroatoms. The predicted molar refractivity (Wildman–Crippen MR) is 133 cm³/mol. The first-order chi connectivity index (χ1) is 15.5. The van der Waals surface area contributed by atoms with Gasteiger partial charge in [-0.3, -0.25) is 19.2 Å². The van der Waals surface area contributed by atoms with Crippen LogP contribution in [-0.4, -0.2) is 38.6 Å². The number of thiophene rings is 1. The standard InChI is InChI=1S/C26H28N4OS/c1-4-29(14-17(2)3)20-9-10-21-23(12-20)32-25-24(21)26(31)30(16-28-25)15-18-11-19-7-5-6-8-22(19)27-13-18/h5-8,11,13,16,20H,2,4,9-10,12,14-15H2,1,3H3. The molecule has 164 valence electrons. The molecule has 0 saturated heterocycles. The summed E-state index contributed by atoms with van der Waals surface area (Å²) >= 11 is 1.70. The minimum atomic E-state index is 0.0633. The summed E-state index contributed by atoms with van der Waals surface area (Å²) < 4.78 is 1.73. The molecule has 1 aromatic carbocycles. The number of rotatable bonds is 6. The molecule has 1 aliphatic rings. The second kappa shape index (κ2) is 8.60. The summed E-state index contributed by atoms with van der Waals surface area (Å²) in [6, 6.07) is 10.7. The number of aryl methyl sites for hydroxylation is 1. The smallest absolute Gasteiger partial charge is 0.262 e. The molecule has 0 amide bonds. The summed E-state index contributed by atoms with van der Waals surface area (Å²) in [6.45, 7) is 10.8. The molecule has 0 bridgehead atoms. The van der Waals surface area contributed by atoms with Gasteiger partial charge in [-0.2, -0.15) is 0 Å². The van der Waals surface area contributed by atoms with Crippen molar-refractivity contribution in [2.75, 3.05) is 13.1 Å². The maximum Gasteiger partial charge on any atom is 0.262 e. The molecule has 0 aliphatic heterocycles. The maximum atomic E-state index is 13.4. The van der Waals surface area contributed by atoms with Crippen LogP contribution in [0.1, 0.15) is 36.3 Å². The fourth-order valence-electron chi connectivity index (χ4n) is 4.85. The molecule has 1 aliphatic carbocycles. The van der Waals surface area contributed by atoms with Crippen LogP contribution in [0.25, 0.3) is 21.1 Å². The van der Waals surface area contributed by atoms with Crippen molar-refractivity contribution in [3.63, 3.8) is 0 Å². The van der Waals surface area contributed by atoms with Crippen LogP contribution in [0.3, 0.4) is 0 Å². The number of benzene rings is 1. The summed E-state index contributed by atoms with van der Waals surface area (Å²) in [7, 11) is 0. The van der Waals surface area contributed by atoms with Crippen LogP contribution in [-0.2, 0) is 19.4 Å². The third-order valence-electron chi connectivity index (χ3n) is 6.41. The molecule has 1 atom stereocenters. The van der Waals surface area contributed by atoms with Gasteiger partial charge in [0.25, 0.3) is 5.56 Å². The van der Waals surface area contributed by atoms with E-state index >= 15 is 0 Å². The van der Waals surface area contributed by atoms with Gasteiger partial charge in [0.05, 0.1) is 23.8 Å². The van der Waals surface area contributed by atoms with Gasteiger partial charge in [-0.1, -0.05) is 37.3 Å². The zero-order valence-corrected chi connectivity index (χ0v) is 19.5. The molecule has 32 heavy (non-hydrogen) atoms. The Bertz CT molecular complexity index is 1370. The van der Waals surface area contributed by atoms with E-state index in [9.17, 15) is 4.79 Å². The molecule has 0 fully saturated rings. The van der Waals surface area contributed by atoms with Gasteiger partial charge in [0, 0.05) is 29.0 Å². The average Bonchev–Trinajstić information content (AvgIpc) is 3.17. The molecule has 0 radical (unpaired) electrons. The minimum absolute atomic E-state index is 0.0633. The summed E-state index contributed by atoms with van der Waals surface area (Å²) in [5, 5.41) is 1.91. The van der Waals surface area contributed by atoms with Crippen molar-refractivity contribution in [2.45, 2.75) is 45.7 Å². The van der Waals surface area contributed by atoms with Crippen molar-refractivity contribution in [1.82, 2.24) is 19.4 Å². The molecule has 0 N–H and O–H groups in total. The predicted octanol–water partition coefficient (Wildman–Crippen LogP) is 4.81. The van der Waals surface area contributed by atoms with E-state index < -0.39 is 0 Å². The molecule has 4 aromatic rings. The second-order valence-corrected chi connectivity index (χ2v) is 9.90. The van der Waals surface area contributed by atoms with Gasteiger partial charge in [-0.25, -0.2) is 4.98 Å². The lowest BCUT2D eigenvalue weighted by atomic mass is 9.91. The zero-order chi connectivity index (χ0) is 22.2. The van der Waals surface area contributed by atoms with E-state index in [1.54, 1.807) is 22.2 Å². The van der Waals surface area contributed by atoms with E-state index in [1.807, 2.05) is 24.4 Å². The van der Waals surface area contributed by atoms with Crippen molar-refractivity contribution >= 4 is 32.5 Å². The highest BCUT2D eigenvalue weighted by molar-refractivity contribution is 7.18. The normalized spacial score (nSPS) is 16.0. The monoisotopic (exact) mass is 444 g/mol. The van der Waals surface area contributed by atoms with Crippen molar-refractivity contribution < 1.29 is 0 Å². The molecular weight excluding hydrogens is 416 g/mol. The third-order valence-corrected chi connectivity index (χ3v) is 7.57. The van der Waals surface area contributed by atoms with Crippen LogP contribution < -0.4 is 5.56 Å². The SMILES string of the molecule is C=C(C)CN(CC)C1CCc2c(sc3ncn(Cc4cnc5ccccc5c4)c(=O)c23)C1. The van der Waals surface area contributed by atoms with Gasteiger partial charge in [-0.15, -0.1) is 11.3 Å². The molecule has 5 rings (SSSR count). The van der Waals surface area contributed by atoms with Crippen LogP contribution in [0.5, 0.6) is 0 Å². The molecule has 0 spiro atoms. The van der Waals surface area contributed by atoms with Crippen LogP contribution in [0.15, 0.2) is 59.8 Å². The number of likely N-dealkylation sites (N-methyl/N-ethyl adjacent to an activating group) is 1. The molecular formula is C26H28N4OS. The molecule has 5 nitrogen and oxygen atoms in total. The van der Waals surface area contributed by atoms with Crippen molar-refractivity contribution in [3.05, 3.63) is 81.4 Å². The highest BCUT2D eigenvalue weighted by atomic mass is 32.1. The number of para-hydroxylation sites is 1. The van der Waals surface area contributed by atoms with Gasteiger partial charge in [0.2, 0.25) is 0 Å². The van der Waals surface area contributed by atoms with E-state index in [1.165, 1.54) is 16.0 Å². The fraction of sp³-hybridized carbons (Fsp3) is 0.346. The highest BCUT2D eigenvalue weighted by Gasteiger charge is 2.28. The Balaban J connectivity index is 1.46. The molecule has 3 heterocycles. The third kappa shape index (κ3) is 3.89.